The SMILES string of the molecule is O=C(CSc1nnc(N2CCCC2)n1-c1ccccc1Cl)NCC1CC1. The quantitative estimate of drug-likeness (QED) is 0.734. The van der Waals surface area contributed by atoms with Gasteiger partial charge < -0.3 is 10.2 Å². The molecule has 4 rings (SSSR count). The summed E-state index contributed by atoms with van der Waals surface area (Å²) in [5.74, 6) is 1.85. The van der Waals surface area contributed by atoms with Crippen molar-refractivity contribution in [1.29, 1.82) is 0 Å². The monoisotopic (exact) mass is 391 g/mol. The number of rotatable bonds is 7. The second kappa shape index (κ2) is 7.88. The van der Waals surface area contributed by atoms with E-state index in [1.54, 1.807) is 0 Å². The number of hydrogen-bond donors (Lipinski definition) is 1. The van der Waals surface area contributed by atoms with E-state index < -0.39 is 0 Å². The van der Waals surface area contributed by atoms with Gasteiger partial charge in [0.15, 0.2) is 5.16 Å². The first-order valence-electron chi connectivity index (χ1n) is 9.07. The van der Waals surface area contributed by atoms with Gasteiger partial charge in [0, 0.05) is 19.6 Å². The Morgan fingerprint density at radius 2 is 2.00 bits per heavy atom. The summed E-state index contributed by atoms with van der Waals surface area (Å²) in [6.07, 6.45) is 4.77. The van der Waals surface area contributed by atoms with Gasteiger partial charge in [-0.25, -0.2) is 0 Å². The summed E-state index contributed by atoms with van der Waals surface area (Å²) in [7, 11) is 0. The second-order valence-electron chi connectivity index (χ2n) is 6.80. The van der Waals surface area contributed by atoms with Crippen LogP contribution in [0.25, 0.3) is 5.69 Å². The van der Waals surface area contributed by atoms with Gasteiger partial charge in [0.1, 0.15) is 0 Å². The maximum Gasteiger partial charge on any atom is 0.232 e. The van der Waals surface area contributed by atoms with Crippen LogP contribution in [0.3, 0.4) is 0 Å². The molecule has 0 spiro atoms. The Hall–Kier alpha value is -1.73. The van der Waals surface area contributed by atoms with Gasteiger partial charge in [0.25, 0.3) is 0 Å². The van der Waals surface area contributed by atoms with Crippen LogP contribution >= 0.6 is 23.4 Å². The molecule has 0 bridgehead atoms. The summed E-state index contributed by atoms with van der Waals surface area (Å²) in [4.78, 5) is 14.3. The number of anilines is 1. The summed E-state index contributed by atoms with van der Waals surface area (Å²) < 4.78 is 1.98. The number of carbonyl (C=O) groups excluding carboxylic acids is 1. The van der Waals surface area contributed by atoms with Crippen molar-refractivity contribution in [2.45, 2.75) is 30.8 Å². The maximum absolute atomic E-state index is 12.1. The van der Waals surface area contributed by atoms with Gasteiger partial charge in [-0.3, -0.25) is 9.36 Å². The average Bonchev–Trinajstić information content (AvgIpc) is 3.15. The highest BCUT2D eigenvalue weighted by molar-refractivity contribution is 7.99. The molecule has 2 aliphatic rings. The molecule has 0 unspecified atom stereocenters. The van der Waals surface area contributed by atoms with Crippen LogP contribution in [0.15, 0.2) is 29.4 Å². The first-order chi connectivity index (χ1) is 12.7. The highest BCUT2D eigenvalue weighted by Crippen LogP contribution is 2.32. The van der Waals surface area contributed by atoms with Crippen LogP contribution in [0.4, 0.5) is 5.95 Å². The lowest BCUT2D eigenvalue weighted by molar-refractivity contribution is -0.118. The van der Waals surface area contributed by atoms with Crippen LogP contribution in [0.2, 0.25) is 5.02 Å². The number of aromatic nitrogens is 3. The van der Waals surface area contributed by atoms with E-state index in [1.165, 1.54) is 24.6 Å². The number of hydrogen-bond acceptors (Lipinski definition) is 5. The molecule has 6 nitrogen and oxygen atoms in total. The molecule has 1 aromatic carbocycles. The van der Waals surface area contributed by atoms with E-state index in [4.69, 9.17) is 11.6 Å². The van der Waals surface area contributed by atoms with Crippen molar-refractivity contribution in [1.82, 2.24) is 20.1 Å². The van der Waals surface area contributed by atoms with Gasteiger partial charge >= 0.3 is 0 Å². The molecule has 0 radical (unpaired) electrons. The van der Waals surface area contributed by atoms with Crippen LogP contribution < -0.4 is 10.2 Å². The van der Waals surface area contributed by atoms with Crippen LogP contribution in [0.1, 0.15) is 25.7 Å². The van der Waals surface area contributed by atoms with Gasteiger partial charge in [0.05, 0.1) is 16.5 Å². The maximum atomic E-state index is 12.1. The molecule has 1 aliphatic heterocycles. The van der Waals surface area contributed by atoms with E-state index >= 15 is 0 Å². The van der Waals surface area contributed by atoms with Gasteiger partial charge in [-0.2, -0.15) is 0 Å². The zero-order valence-corrected chi connectivity index (χ0v) is 16.1. The van der Waals surface area contributed by atoms with Crippen molar-refractivity contribution in [3.63, 3.8) is 0 Å². The Kier molecular flexibility index (Phi) is 5.36. The van der Waals surface area contributed by atoms with Crippen molar-refractivity contribution in [3.8, 4) is 5.69 Å². The Bertz CT molecular complexity index is 786. The van der Waals surface area contributed by atoms with Crippen LogP contribution in [0, 0.1) is 5.92 Å². The summed E-state index contributed by atoms with van der Waals surface area (Å²) in [6.45, 7) is 2.72. The topological polar surface area (TPSA) is 63.1 Å². The van der Waals surface area contributed by atoms with Crippen molar-refractivity contribution < 1.29 is 4.79 Å². The lowest BCUT2D eigenvalue weighted by Crippen LogP contribution is -2.27. The molecule has 1 aliphatic carbocycles. The molecule has 2 aromatic rings. The van der Waals surface area contributed by atoms with E-state index in [-0.39, 0.29) is 5.91 Å². The largest absolute Gasteiger partial charge is 0.355 e. The van der Waals surface area contributed by atoms with E-state index in [2.05, 4.69) is 20.4 Å². The number of amides is 1. The van der Waals surface area contributed by atoms with Crippen molar-refractivity contribution in [3.05, 3.63) is 29.3 Å². The number of para-hydroxylation sites is 1. The normalized spacial score (nSPS) is 16.9. The third-order valence-electron chi connectivity index (χ3n) is 4.72. The molecule has 1 aromatic heterocycles. The zero-order chi connectivity index (χ0) is 17.9. The van der Waals surface area contributed by atoms with Crippen LogP contribution in [-0.2, 0) is 4.79 Å². The molecule has 1 amide bonds. The number of nitrogens with zero attached hydrogens (tertiary/aromatic N) is 4. The molecule has 138 valence electrons. The lowest BCUT2D eigenvalue weighted by atomic mass is 10.3. The fourth-order valence-corrected chi connectivity index (χ4v) is 4.07. The molecular weight excluding hydrogens is 370 g/mol. The predicted octanol–water partition coefficient (Wildman–Crippen LogP) is 3.14. The van der Waals surface area contributed by atoms with Crippen molar-refractivity contribution >= 4 is 35.2 Å². The predicted molar refractivity (Wildman–Crippen MR) is 104 cm³/mol. The summed E-state index contributed by atoms with van der Waals surface area (Å²) in [5, 5.41) is 13.1. The number of carbonyl (C=O) groups is 1. The molecule has 2 heterocycles. The average molecular weight is 392 g/mol. The summed E-state index contributed by atoms with van der Waals surface area (Å²) >= 11 is 7.84. The molecule has 8 heteroatoms. The minimum atomic E-state index is 0.0401. The Labute approximate surface area is 162 Å². The number of thioether (sulfide) groups is 1. The lowest BCUT2D eigenvalue weighted by Gasteiger charge is -2.19. The minimum Gasteiger partial charge on any atom is -0.355 e. The summed E-state index contributed by atoms with van der Waals surface area (Å²) in [5.41, 5.74) is 0.849. The van der Waals surface area contributed by atoms with E-state index in [1.807, 2.05) is 28.8 Å². The fraction of sp³-hybridized carbons (Fsp3) is 0.500. The Morgan fingerprint density at radius 1 is 1.23 bits per heavy atom. The first-order valence-corrected chi connectivity index (χ1v) is 10.4. The highest BCUT2D eigenvalue weighted by Gasteiger charge is 2.24. The molecule has 0 atom stereocenters. The van der Waals surface area contributed by atoms with E-state index in [0.717, 1.165) is 44.1 Å². The van der Waals surface area contributed by atoms with Crippen molar-refractivity contribution in [2.24, 2.45) is 5.92 Å². The smallest absolute Gasteiger partial charge is 0.232 e. The highest BCUT2D eigenvalue weighted by atomic mass is 35.5. The molecular formula is C18H22ClN5OS. The Balaban J connectivity index is 1.55. The second-order valence-corrected chi connectivity index (χ2v) is 8.15. The molecule has 1 N–H and O–H groups in total. The zero-order valence-electron chi connectivity index (χ0n) is 14.5. The fourth-order valence-electron chi connectivity index (χ4n) is 3.08. The first kappa shape index (κ1) is 17.7. The molecule has 2 fully saturated rings. The molecule has 1 saturated heterocycles. The Morgan fingerprint density at radius 3 is 2.73 bits per heavy atom. The van der Waals surface area contributed by atoms with Gasteiger partial charge in [-0.1, -0.05) is 35.5 Å². The van der Waals surface area contributed by atoms with Crippen LogP contribution in [0.5, 0.6) is 0 Å². The van der Waals surface area contributed by atoms with E-state index in [9.17, 15) is 4.79 Å². The standard InChI is InChI=1S/C18H22ClN5OS/c19-14-5-1-2-6-15(14)24-17(23-9-3-4-10-23)21-22-18(24)26-12-16(25)20-11-13-7-8-13/h1-2,5-6,13H,3-4,7-12H2,(H,20,25). The number of halogens is 1. The number of nitrogens with one attached hydrogen (secondary N) is 1. The summed E-state index contributed by atoms with van der Waals surface area (Å²) in [6, 6.07) is 7.68. The molecule has 1 saturated carbocycles. The van der Waals surface area contributed by atoms with Crippen molar-refractivity contribution in [2.75, 3.05) is 30.3 Å². The van der Waals surface area contributed by atoms with Gasteiger partial charge in [-0.15, -0.1) is 10.2 Å². The minimum absolute atomic E-state index is 0.0401. The number of benzene rings is 1. The van der Waals surface area contributed by atoms with Crippen LogP contribution in [-0.4, -0.2) is 46.1 Å². The van der Waals surface area contributed by atoms with E-state index in [0.29, 0.717) is 21.8 Å². The third-order valence-corrected chi connectivity index (χ3v) is 5.96. The van der Waals surface area contributed by atoms with Gasteiger partial charge in [-0.05, 0) is 43.7 Å². The van der Waals surface area contributed by atoms with Gasteiger partial charge in [0.2, 0.25) is 11.9 Å². The molecule has 26 heavy (non-hydrogen) atoms. The third kappa shape index (κ3) is 3.99.